The molecule has 2 N–H and O–H groups in total. The molecule has 1 aliphatic rings. The number of hydrogen-bond acceptors (Lipinski definition) is 1. The van der Waals surface area contributed by atoms with Crippen molar-refractivity contribution in [1.29, 1.82) is 0 Å². The zero-order valence-electron chi connectivity index (χ0n) is 7.19. The van der Waals surface area contributed by atoms with Gasteiger partial charge in [0.1, 0.15) is 0 Å². The molecule has 1 nitrogen and oxygen atoms in total. The van der Waals surface area contributed by atoms with E-state index in [1.165, 1.54) is 0 Å². The van der Waals surface area contributed by atoms with Gasteiger partial charge in [-0.1, -0.05) is 0 Å². The SMILES string of the molecule is Cl.NC1Cc2cc(F)c(F)c(F)c2C1. The molecule has 1 aliphatic carbocycles. The largest absolute Gasteiger partial charge is 0.327 e. The van der Waals surface area contributed by atoms with Crippen LogP contribution in [0.1, 0.15) is 11.1 Å². The van der Waals surface area contributed by atoms with E-state index < -0.39 is 17.5 Å². The van der Waals surface area contributed by atoms with Crippen LogP contribution in [0.5, 0.6) is 0 Å². The van der Waals surface area contributed by atoms with Gasteiger partial charge in [-0.3, -0.25) is 0 Å². The maximum absolute atomic E-state index is 13.1. The second kappa shape index (κ2) is 3.79. The molecule has 5 heteroatoms. The number of halogens is 4. The zero-order chi connectivity index (χ0) is 9.59. The van der Waals surface area contributed by atoms with E-state index in [1.54, 1.807) is 0 Å². The van der Waals surface area contributed by atoms with Crippen LogP contribution in [0, 0.1) is 17.5 Å². The fourth-order valence-corrected chi connectivity index (χ4v) is 1.70. The molecule has 1 atom stereocenters. The van der Waals surface area contributed by atoms with E-state index in [0.29, 0.717) is 18.4 Å². The lowest BCUT2D eigenvalue weighted by molar-refractivity contribution is 0.441. The summed E-state index contributed by atoms with van der Waals surface area (Å²) in [5.74, 6) is -3.61. The average Bonchev–Trinajstić information content (AvgIpc) is 2.42. The van der Waals surface area contributed by atoms with Crippen LogP contribution in [0.2, 0.25) is 0 Å². The molecule has 0 fully saturated rings. The van der Waals surface area contributed by atoms with Gasteiger partial charge >= 0.3 is 0 Å². The van der Waals surface area contributed by atoms with Gasteiger partial charge in [0, 0.05) is 6.04 Å². The van der Waals surface area contributed by atoms with Crippen molar-refractivity contribution < 1.29 is 13.2 Å². The standard InChI is InChI=1S/C9H8F3N.ClH/c10-7-2-4-1-5(13)3-6(4)8(11)9(7)12;/h2,5H,1,3,13H2;1H. The van der Waals surface area contributed by atoms with Gasteiger partial charge in [-0.2, -0.15) is 0 Å². The summed E-state index contributed by atoms with van der Waals surface area (Å²) in [4.78, 5) is 0. The number of benzene rings is 1. The molecular weight excluding hydrogens is 215 g/mol. The topological polar surface area (TPSA) is 26.0 Å². The van der Waals surface area contributed by atoms with Gasteiger partial charge in [-0.05, 0) is 30.0 Å². The maximum Gasteiger partial charge on any atom is 0.194 e. The normalized spacial score (nSPS) is 19.0. The summed E-state index contributed by atoms with van der Waals surface area (Å²) in [7, 11) is 0. The maximum atomic E-state index is 13.1. The summed E-state index contributed by atoms with van der Waals surface area (Å²) in [5, 5.41) is 0. The van der Waals surface area contributed by atoms with Gasteiger partial charge in [0.15, 0.2) is 17.5 Å². The second-order valence-electron chi connectivity index (χ2n) is 3.29. The van der Waals surface area contributed by atoms with Crippen LogP contribution in [0.3, 0.4) is 0 Å². The highest BCUT2D eigenvalue weighted by Crippen LogP contribution is 2.27. The minimum atomic E-state index is -1.40. The molecule has 0 heterocycles. The van der Waals surface area contributed by atoms with Crippen LogP contribution in [0.25, 0.3) is 0 Å². The Labute approximate surface area is 85.5 Å². The molecule has 14 heavy (non-hydrogen) atoms. The van der Waals surface area contributed by atoms with Crippen LogP contribution in [0.4, 0.5) is 13.2 Å². The summed E-state index contributed by atoms with van der Waals surface area (Å²) >= 11 is 0. The molecule has 0 saturated carbocycles. The number of rotatable bonds is 0. The van der Waals surface area contributed by atoms with Crippen molar-refractivity contribution in [1.82, 2.24) is 0 Å². The molecule has 1 aromatic rings. The molecule has 0 saturated heterocycles. The first-order valence-corrected chi connectivity index (χ1v) is 4.00. The lowest BCUT2D eigenvalue weighted by Crippen LogP contribution is -2.19. The van der Waals surface area contributed by atoms with Crippen molar-refractivity contribution in [2.45, 2.75) is 18.9 Å². The van der Waals surface area contributed by atoms with E-state index in [2.05, 4.69) is 0 Å². The quantitative estimate of drug-likeness (QED) is 0.669. The first kappa shape index (κ1) is 11.3. The Morgan fingerprint density at radius 2 is 1.79 bits per heavy atom. The molecule has 0 spiro atoms. The van der Waals surface area contributed by atoms with Crippen molar-refractivity contribution in [2.75, 3.05) is 0 Å². The molecule has 2 rings (SSSR count). The summed E-state index contributed by atoms with van der Waals surface area (Å²) in [6.07, 6.45) is 0.710. The first-order chi connectivity index (χ1) is 6.09. The molecule has 78 valence electrons. The van der Waals surface area contributed by atoms with Crippen LogP contribution < -0.4 is 5.73 Å². The Hall–Kier alpha value is -0.740. The van der Waals surface area contributed by atoms with E-state index in [4.69, 9.17) is 5.73 Å². The Morgan fingerprint density at radius 1 is 1.14 bits per heavy atom. The van der Waals surface area contributed by atoms with Crippen molar-refractivity contribution in [3.8, 4) is 0 Å². The molecule has 0 bridgehead atoms. The Balaban J connectivity index is 0.000000980. The lowest BCUT2D eigenvalue weighted by Gasteiger charge is -2.02. The van der Waals surface area contributed by atoms with Crippen molar-refractivity contribution in [2.24, 2.45) is 5.73 Å². The summed E-state index contributed by atoms with van der Waals surface area (Å²) < 4.78 is 38.5. The third-order valence-corrected chi connectivity index (χ3v) is 2.30. The third-order valence-electron chi connectivity index (χ3n) is 2.30. The highest BCUT2D eigenvalue weighted by Gasteiger charge is 2.25. The fourth-order valence-electron chi connectivity index (χ4n) is 1.70. The zero-order valence-corrected chi connectivity index (χ0v) is 8.00. The summed E-state index contributed by atoms with van der Waals surface area (Å²) in [6, 6.07) is 0.811. The van der Waals surface area contributed by atoms with E-state index >= 15 is 0 Å². The van der Waals surface area contributed by atoms with Crippen molar-refractivity contribution in [3.63, 3.8) is 0 Å². The summed E-state index contributed by atoms with van der Waals surface area (Å²) in [5.41, 5.74) is 6.26. The van der Waals surface area contributed by atoms with Gasteiger partial charge in [0.2, 0.25) is 0 Å². The predicted octanol–water partition coefficient (Wildman–Crippen LogP) is 1.95. The highest BCUT2D eigenvalue weighted by atomic mass is 35.5. The van der Waals surface area contributed by atoms with Crippen LogP contribution in [-0.4, -0.2) is 6.04 Å². The van der Waals surface area contributed by atoms with Gasteiger partial charge in [-0.15, -0.1) is 12.4 Å². The number of fused-ring (bicyclic) bond motifs is 1. The lowest BCUT2D eigenvalue weighted by atomic mass is 10.1. The van der Waals surface area contributed by atoms with Gasteiger partial charge in [0.25, 0.3) is 0 Å². The van der Waals surface area contributed by atoms with Gasteiger partial charge < -0.3 is 5.73 Å². The van der Waals surface area contributed by atoms with Crippen LogP contribution >= 0.6 is 12.4 Å². The number of nitrogens with two attached hydrogens (primary N) is 1. The minimum absolute atomic E-state index is 0. The van der Waals surface area contributed by atoms with Gasteiger partial charge in [-0.25, -0.2) is 13.2 Å². The monoisotopic (exact) mass is 223 g/mol. The molecule has 0 radical (unpaired) electrons. The molecule has 0 aromatic heterocycles. The number of hydrogen-bond donors (Lipinski definition) is 1. The molecule has 0 amide bonds. The average molecular weight is 224 g/mol. The van der Waals surface area contributed by atoms with Crippen LogP contribution in [0.15, 0.2) is 6.07 Å². The molecule has 0 aliphatic heterocycles. The summed E-state index contributed by atoms with van der Waals surface area (Å²) in [6.45, 7) is 0. The predicted molar refractivity (Wildman–Crippen MR) is 48.9 cm³/mol. The van der Waals surface area contributed by atoms with E-state index in [-0.39, 0.29) is 24.0 Å². The third kappa shape index (κ3) is 1.60. The molecular formula is C9H9ClF3N. The van der Waals surface area contributed by atoms with Gasteiger partial charge in [0.05, 0.1) is 0 Å². The van der Waals surface area contributed by atoms with Crippen molar-refractivity contribution in [3.05, 3.63) is 34.6 Å². The van der Waals surface area contributed by atoms with E-state index in [1.807, 2.05) is 0 Å². The smallest absolute Gasteiger partial charge is 0.194 e. The van der Waals surface area contributed by atoms with Crippen LogP contribution in [-0.2, 0) is 12.8 Å². The Bertz CT molecular complexity index is 368. The highest BCUT2D eigenvalue weighted by molar-refractivity contribution is 5.85. The van der Waals surface area contributed by atoms with Crippen molar-refractivity contribution >= 4 is 12.4 Å². The minimum Gasteiger partial charge on any atom is -0.327 e. The fraction of sp³-hybridized carbons (Fsp3) is 0.333. The molecule has 1 unspecified atom stereocenters. The van der Waals surface area contributed by atoms with E-state index in [0.717, 1.165) is 6.07 Å². The first-order valence-electron chi connectivity index (χ1n) is 4.00. The van der Waals surface area contributed by atoms with E-state index in [9.17, 15) is 13.2 Å². The Kier molecular flexibility index (Phi) is 3.07. The Morgan fingerprint density at radius 3 is 2.43 bits per heavy atom. The molecule has 1 aromatic carbocycles. The second-order valence-corrected chi connectivity index (χ2v) is 3.29.